The van der Waals surface area contributed by atoms with Gasteiger partial charge in [0.1, 0.15) is 5.82 Å². The highest BCUT2D eigenvalue weighted by Gasteiger charge is 1.99. The predicted molar refractivity (Wildman–Crippen MR) is 67.6 cm³/mol. The number of hydrogen-bond acceptors (Lipinski definition) is 3. The molecular formula is C13H21FN2O. The summed E-state index contributed by atoms with van der Waals surface area (Å²) in [6.45, 7) is 6.10. The van der Waals surface area contributed by atoms with Gasteiger partial charge >= 0.3 is 0 Å². The van der Waals surface area contributed by atoms with Gasteiger partial charge in [-0.15, -0.1) is 0 Å². The Balaban J connectivity index is 2.14. The number of nitrogens with one attached hydrogen (secondary N) is 2. The van der Waals surface area contributed by atoms with E-state index in [4.69, 9.17) is 4.74 Å². The third-order valence-electron chi connectivity index (χ3n) is 2.58. The lowest BCUT2D eigenvalue weighted by atomic mass is 10.1. The molecule has 96 valence electrons. The molecular weight excluding hydrogens is 219 g/mol. The Kier molecular flexibility index (Phi) is 6.77. The third-order valence-corrected chi connectivity index (χ3v) is 2.58. The molecule has 0 aromatic heterocycles. The molecule has 0 atom stereocenters. The zero-order valence-corrected chi connectivity index (χ0v) is 10.6. The molecule has 1 rings (SSSR count). The molecule has 0 amide bonds. The molecule has 4 heteroatoms. The Bertz CT molecular complexity index is 331. The fraction of sp³-hybridized carbons (Fsp3) is 0.538. The van der Waals surface area contributed by atoms with Gasteiger partial charge in [0.2, 0.25) is 0 Å². The molecule has 3 nitrogen and oxygen atoms in total. The average molecular weight is 240 g/mol. The topological polar surface area (TPSA) is 33.3 Å². The first-order chi connectivity index (χ1) is 8.24. The summed E-state index contributed by atoms with van der Waals surface area (Å²) < 4.78 is 17.8. The molecule has 0 bridgehead atoms. The van der Waals surface area contributed by atoms with Crippen LogP contribution in [0.1, 0.15) is 11.1 Å². The van der Waals surface area contributed by atoms with Gasteiger partial charge in [0.05, 0.1) is 6.61 Å². The van der Waals surface area contributed by atoms with Crippen LogP contribution >= 0.6 is 0 Å². The number of rotatable bonds is 8. The Hall–Kier alpha value is -0.970. The van der Waals surface area contributed by atoms with Crippen LogP contribution in [-0.2, 0) is 11.3 Å². The molecule has 0 radical (unpaired) electrons. The summed E-state index contributed by atoms with van der Waals surface area (Å²) in [4.78, 5) is 0. The van der Waals surface area contributed by atoms with Gasteiger partial charge in [-0.3, -0.25) is 0 Å². The maximum atomic E-state index is 12.9. The van der Waals surface area contributed by atoms with Crippen LogP contribution in [0.25, 0.3) is 0 Å². The van der Waals surface area contributed by atoms with Crippen molar-refractivity contribution < 1.29 is 9.13 Å². The van der Waals surface area contributed by atoms with Crippen LogP contribution in [0.15, 0.2) is 18.2 Å². The zero-order chi connectivity index (χ0) is 12.5. The summed E-state index contributed by atoms with van der Waals surface area (Å²) in [6.07, 6.45) is 0. The Labute approximate surface area is 102 Å². The van der Waals surface area contributed by atoms with Crippen molar-refractivity contribution in [1.29, 1.82) is 0 Å². The van der Waals surface area contributed by atoms with Gasteiger partial charge < -0.3 is 15.4 Å². The average Bonchev–Trinajstić information content (AvgIpc) is 2.30. The lowest BCUT2D eigenvalue weighted by Gasteiger charge is -2.08. The van der Waals surface area contributed by atoms with Crippen molar-refractivity contribution in [3.8, 4) is 0 Å². The Morgan fingerprint density at radius 3 is 2.65 bits per heavy atom. The van der Waals surface area contributed by atoms with Gasteiger partial charge in [0.15, 0.2) is 0 Å². The van der Waals surface area contributed by atoms with Gasteiger partial charge in [-0.2, -0.15) is 0 Å². The lowest BCUT2D eigenvalue weighted by molar-refractivity contribution is 0.199. The zero-order valence-electron chi connectivity index (χ0n) is 10.6. The number of hydrogen-bond donors (Lipinski definition) is 2. The van der Waals surface area contributed by atoms with Crippen LogP contribution in [0.5, 0.6) is 0 Å². The molecule has 0 aliphatic carbocycles. The van der Waals surface area contributed by atoms with Crippen LogP contribution in [-0.4, -0.2) is 33.4 Å². The van der Waals surface area contributed by atoms with Crippen LogP contribution in [0.2, 0.25) is 0 Å². The quantitative estimate of drug-likeness (QED) is 0.675. The third kappa shape index (κ3) is 5.77. The summed E-state index contributed by atoms with van der Waals surface area (Å²) in [5.41, 5.74) is 2.13. The first-order valence-corrected chi connectivity index (χ1v) is 5.89. The highest BCUT2D eigenvalue weighted by atomic mass is 19.1. The van der Waals surface area contributed by atoms with E-state index in [1.54, 1.807) is 13.2 Å². The van der Waals surface area contributed by atoms with Crippen molar-refractivity contribution in [3.63, 3.8) is 0 Å². The summed E-state index contributed by atoms with van der Waals surface area (Å²) in [5, 5.41) is 6.56. The standard InChI is InChI=1S/C13H21FN2O/c1-11-9-13(14)4-3-12(11)10-16-6-5-15-7-8-17-2/h3-4,9,15-16H,5-8,10H2,1-2H3. The van der Waals surface area contributed by atoms with Crippen molar-refractivity contribution in [1.82, 2.24) is 10.6 Å². The second-order valence-electron chi connectivity index (χ2n) is 3.99. The second kappa shape index (κ2) is 8.17. The van der Waals surface area contributed by atoms with E-state index in [0.29, 0.717) is 0 Å². The summed E-state index contributed by atoms with van der Waals surface area (Å²) in [6, 6.07) is 4.89. The van der Waals surface area contributed by atoms with Crippen LogP contribution < -0.4 is 10.6 Å². The largest absolute Gasteiger partial charge is 0.383 e. The first-order valence-electron chi connectivity index (χ1n) is 5.89. The van der Waals surface area contributed by atoms with E-state index in [1.807, 2.05) is 13.0 Å². The van der Waals surface area contributed by atoms with Crippen LogP contribution in [0, 0.1) is 12.7 Å². The smallest absolute Gasteiger partial charge is 0.123 e. The molecule has 0 saturated carbocycles. The predicted octanol–water partition coefficient (Wildman–Crippen LogP) is 1.46. The van der Waals surface area contributed by atoms with Crippen molar-refractivity contribution in [3.05, 3.63) is 35.1 Å². The number of methoxy groups -OCH3 is 1. The maximum absolute atomic E-state index is 12.9. The first kappa shape index (κ1) is 14.1. The minimum Gasteiger partial charge on any atom is -0.383 e. The minimum atomic E-state index is -0.174. The van der Waals surface area contributed by atoms with Gasteiger partial charge in [0.25, 0.3) is 0 Å². The van der Waals surface area contributed by atoms with E-state index in [0.717, 1.165) is 43.9 Å². The van der Waals surface area contributed by atoms with E-state index < -0.39 is 0 Å². The summed E-state index contributed by atoms with van der Waals surface area (Å²) in [7, 11) is 1.69. The van der Waals surface area contributed by atoms with Crippen molar-refractivity contribution in [2.45, 2.75) is 13.5 Å². The van der Waals surface area contributed by atoms with Crippen molar-refractivity contribution >= 4 is 0 Å². The molecule has 17 heavy (non-hydrogen) atoms. The monoisotopic (exact) mass is 240 g/mol. The molecule has 0 unspecified atom stereocenters. The second-order valence-corrected chi connectivity index (χ2v) is 3.99. The van der Waals surface area contributed by atoms with E-state index in [-0.39, 0.29) is 5.82 Å². The van der Waals surface area contributed by atoms with E-state index in [2.05, 4.69) is 10.6 Å². The lowest BCUT2D eigenvalue weighted by Crippen LogP contribution is -2.29. The molecule has 0 fully saturated rings. The van der Waals surface area contributed by atoms with Gasteiger partial charge in [0, 0.05) is 33.3 Å². The molecule has 0 spiro atoms. The van der Waals surface area contributed by atoms with Crippen LogP contribution in [0.3, 0.4) is 0 Å². The Morgan fingerprint density at radius 2 is 1.94 bits per heavy atom. The molecule has 0 aliphatic rings. The van der Waals surface area contributed by atoms with Gasteiger partial charge in [-0.25, -0.2) is 4.39 Å². The summed E-state index contributed by atoms with van der Waals surface area (Å²) in [5.74, 6) is -0.174. The minimum absolute atomic E-state index is 0.174. The molecule has 0 heterocycles. The maximum Gasteiger partial charge on any atom is 0.123 e. The van der Waals surface area contributed by atoms with E-state index >= 15 is 0 Å². The molecule has 2 N–H and O–H groups in total. The van der Waals surface area contributed by atoms with Gasteiger partial charge in [-0.1, -0.05) is 6.07 Å². The van der Waals surface area contributed by atoms with E-state index in [1.165, 1.54) is 6.07 Å². The normalized spacial score (nSPS) is 10.8. The number of halogens is 1. The highest BCUT2D eigenvalue weighted by Crippen LogP contribution is 2.09. The van der Waals surface area contributed by atoms with Crippen molar-refractivity contribution in [2.24, 2.45) is 0 Å². The number of ether oxygens (including phenoxy) is 1. The highest BCUT2D eigenvalue weighted by molar-refractivity contribution is 5.26. The number of aryl methyl sites for hydroxylation is 1. The SMILES string of the molecule is COCCNCCNCc1ccc(F)cc1C. The van der Waals surface area contributed by atoms with E-state index in [9.17, 15) is 4.39 Å². The Morgan fingerprint density at radius 1 is 1.18 bits per heavy atom. The van der Waals surface area contributed by atoms with Crippen molar-refractivity contribution in [2.75, 3.05) is 33.4 Å². The fourth-order valence-electron chi connectivity index (χ4n) is 1.56. The molecule has 0 aliphatic heterocycles. The molecule has 0 saturated heterocycles. The van der Waals surface area contributed by atoms with Crippen LogP contribution in [0.4, 0.5) is 4.39 Å². The number of benzene rings is 1. The van der Waals surface area contributed by atoms with Gasteiger partial charge in [-0.05, 0) is 30.2 Å². The fourth-order valence-corrected chi connectivity index (χ4v) is 1.56. The summed E-state index contributed by atoms with van der Waals surface area (Å²) >= 11 is 0. The molecule has 1 aromatic rings. The molecule has 1 aromatic carbocycles.